The third-order valence-electron chi connectivity index (χ3n) is 4.42. The second-order valence-corrected chi connectivity index (χ2v) is 8.66. The van der Waals surface area contributed by atoms with Crippen LogP contribution < -0.4 is 14.8 Å². The lowest BCUT2D eigenvalue weighted by Crippen LogP contribution is -2.17. The Bertz CT molecular complexity index is 1180. The Morgan fingerprint density at radius 1 is 1.03 bits per heavy atom. The number of halogens is 1. The molecular formula is C22H21ClN2O4S. The van der Waals surface area contributed by atoms with Gasteiger partial charge in [0.15, 0.2) is 0 Å². The van der Waals surface area contributed by atoms with Crippen LogP contribution in [0.25, 0.3) is 0 Å². The number of nitrogens with one attached hydrogen (secondary N) is 2. The monoisotopic (exact) mass is 444 g/mol. The standard InChI is InChI=1S/C22H21ClN2O4S/c1-15-11-12-17(24-22(26)13-16-7-3-4-8-18(16)23)14-21(15)30(27,28)25-19-9-5-6-10-20(19)29-2/h3-12,14,25H,13H2,1-2H3,(H,24,26). The number of carbonyl (C=O) groups excluding carboxylic acids is 1. The first-order valence-electron chi connectivity index (χ1n) is 9.10. The van der Waals surface area contributed by atoms with Gasteiger partial charge in [-0.3, -0.25) is 9.52 Å². The lowest BCUT2D eigenvalue weighted by molar-refractivity contribution is -0.115. The largest absolute Gasteiger partial charge is 0.495 e. The molecule has 0 saturated heterocycles. The van der Waals surface area contributed by atoms with E-state index in [1.807, 2.05) is 0 Å². The second-order valence-electron chi connectivity index (χ2n) is 6.60. The number of benzene rings is 3. The van der Waals surface area contributed by atoms with E-state index in [0.29, 0.717) is 33.3 Å². The second kappa shape index (κ2) is 9.19. The van der Waals surface area contributed by atoms with Crippen molar-refractivity contribution >= 4 is 38.9 Å². The summed E-state index contributed by atoms with van der Waals surface area (Å²) in [6, 6.07) is 18.5. The number of anilines is 2. The molecule has 3 aromatic carbocycles. The predicted molar refractivity (Wildman–Crippen MR) is 119 cm³/mol. The van der Waals surface area contributed by atoms with Crippen LogP contribution >= 0.6 is 11.6 Å². The topological polar surface area (TPSA) is 84.5 Å². The maximum atomic E-state index is 13.0. The minimum atomic E-state index is -3.90. The molecule has 156 valence electrons. The van der Waals surface area contributed by atoms with Gasteiger partial charge < -0.3 is 10.1 Å². The normalized spacial score (nSPS) is 11.0. The van der Waals surface area contributed by atoms with E-state index < -0.39 is 10.0 Å². The van der Waals surface area contributed by atoms with Gasteiger partial charge in [0.25, 0.3) is 10.0 Å². The summed E-state index contributed by atoms with van der Waals surface area (Å²) in [5, 5.41) is 3.23. The molecule has 0 aliphatic heterocycles. The molecule has 0 aliphatic carbocycles. The van der Waals surface area contributed by atoms with Crippen molar-refractivity contribution in [3.05, 3.63) is 82.9 Å². The maximum absolute atomic E-state index is 13.0. The number of hydrogen-bond donors (Lipinski definition) is 2. The third-order valence-corrected chi connectivity index (χ3v) is 6.30. The van der Waals surface area contributed by atoms with E-state index in [-0.39, 0.29) is 17.2 Å². The highest BCUT2D eigenvalue weighted by Gasteiger charge is 2.20. The van der Waals surface area contributed by atoms with Crippen molar-refractivity contribution < 1.29 is 17.9 Å². The number of para-hydroxylation sites is 2. The van der Waals surface area contributed by atoms with Crippen molar-refractivity contribution in [1.82, 2.24) is 0 Å². The first-order chi connectivity index (χ1) is 14.3. The number of amides is 1. The Balaban J connectivity index is 1.82. The van der Waals surface area contributed by atoms with Crippen LogP contribution in [0.2, 0.25) is 5.02 Å². The number of carbonyl (C=O) groups is 1. The number of ether oxygens (including phenoxy) is 1. The van der Waals surface area contributed by atoms with Crippen molar-refractivity contribution in [1.29, 1.82) is 0 Å². The van der Waals surface area contributed by atoms with Gasteiger partial charge in [0.2, 0.25) is 5.91 Å². The van der Waals surface area contributed by atoms with Crippen LogP contribution in [0.1, 0.15) is 11.1 Å². The average Bonchev–Trinajstić information content (AvgIpc) is 2.71. The van der Waals surface area contributed by atoms with E-state index >= 15 is 0 Å². The van der Waals surface area contributed by atoms with Crippen LogP contribution in [0.3, 0.4) is 0 Å². The molecule has 0 spiro atoms. The zero-order chi connectivity index (χ0) is 21.7. The van der Waals surface area contributed by atoms with Crippen molar-refractivity contribution in [2.45, 2.75) is 18.2 Å². The average molecular weight is 445 g/mol. The van der Waals surface area contributed by atoms with Gasteiger partial charge in [-0.05, 0) is 48.4 Å². The molecule has 0 aromatic heterocycles. The van der Waals surface area contributed by atoms with E-state index in [2.05, 4.69) is 10.0 Å². The maximum Gasteiger partial charge on any atom is 0.262 e. The Labute approximate surface area is 180 Å². The fourth-order valence-corrected chi connectivity index (χ4v) is 4.46. The Hall–Kier alpha value is -3.03. The first-order valence-corrected chi connectivity index (χ1v) is 11.0. The zero-order valence-electron chi connectivity index (χ0n) is 16.5. The van der Waals surface area contributed by atoms with Crippen molar-refractivity contribution in [2.24, 2.45) is 0 Å². The highest BCUT2D eigenvalue weighted by atomic mass is 35.5. The highest BCUT2D eigenvalue weighted by Crippen LogP contribution is 2.28. The van der Waals surface area contributed by atoms with Crippen LogP contribution in [0.5, 0.6) is 5.75 Å². The van der Waals surface area contributed by atoms with Gasteiger partial charge in [0.05, 0.1) is 24.1 Å². The van der Waals surface area contributed by atoms with Crippen LogP contribution in [-0.4, -0.2) is 21.4 Å². The van der Waals surface area contributed by atoms with Crippen LogP contribution in [0.15, 0.2) is 71.6 Å². The minimum absolute atomic E-state index is 0.0592. The number of hydrogen-bond acceptors (Lipinski definition) is 4. The molecular weight excluding hydrogens is 424 g/mol. The molecule has 0 fully saturated rings. The fourth-order valence-electron chi connectivity index (χ4n) is 2.92. The number of methoxy groups -OCH3 is 1. The van der Waals surface area contributed by atoms with Gasteiger partial charge in [0, 0.05) is 10.7 Å². The number of aryl methyl sites for hydroxylation is 1. The summed E-state index contributed by atoms with van der Waals surface area (Å²) in [4.78, 5) is 12.5. The third kappa shape index (κ3) is 5.11. The van der Waals surface area contributed by atoms with Crippen molar-refractivity contribution in [2.75, 3.05) is 17.1 Å². The molecule has 3 rings (SSSR count). The van der Waals surface area contributed by atoms with Crippen LogP contribution in [0.4, 0.5) is 11.4 Å². The van der Waals surface area contributed by atoms with E-state index in [1.54, 1.807) is 67.6 Å². The van der Waals surface area contributed by atoms with Gasteiger partial charge >= 0.3 is 0 Å². The van der Waals surface area contributed by atoms with Crippen LogP contribution in [0, 0.1) is 6.92 Å². The molecule has 2 N–H and O–H groups in total. The van der Waals surface area contributed by atoms with E-state index in [0.717, 1.165) is 0 Å². The Kier molecular flexibility index (Phi) is 6.64. The van der Waals surface area contributed by atoms with Gasteiger partial charge in [-0.2, -0.15) is 0 Å². The van der Waals surface area contributed by atoms with Gasteiger partial charge in [-0.25, -0.2) is 8.42 Å². The fraction of sp³-hybridized carbons (Fsp3) is 0.136. The molecule has 0 aliphatic rings. The number of rotatable bonds is 7. The molecule has 30 heavy (non-hydrogen) atoms. The summed E-state index contributed by atoms with van der Waals surface area (Å²) >= 11 is 6.10. The van der Waals surface area contributed by atoms with E-state index in [9.17, 15) is 13.2 Å². The van der Waals surface area contributed by atoms with Crippen LogP contribution in [-0.2, 0) is 21.2 Å². The quantitative estimate of drug-likeness (QED) is 0.556. The lowest BCUT2D eigenvalue weighted by atomic mass is 10.1. The molecule has 1 amide bonds. The van der Waals surface area contributed by atoms with Gasteiger partial charge in [0.1, 0.15) is 5.75 Å². The molecule has 6 nitrogen and oxygen atoms in total. The highest BCUT2D eigenvalue weighted by molar-refractivity contribution is 7.92. The number of sulfonamides is 1. The predicted octanol–water partition coefficient (Wildman–Crippen LogP) is 4.64. The summed E-state index contributed by atoms with van der Waals surface area (Å²) in [5.74, 6) is 0.107. The summed E-state index contributed by atoms with van der Waals surface area (Å²) in [6.07, 6.45) is 0.0785. The lowest BCUT2D eigenvalue weighted by Gasteiger charge is -2.14. The summed E-state index contributed by atoms with van der Waals surface area (Å²) in [6.45, 7) is 1.69. The molecule has 0 heterocycles. The molecule has 8 heteroatoms. The minimum Gasteiger partial charge on any atom is -0.495 e. The summed E-state index contributed by atoms with van der Waals surface area (Å²) < 4.78 is 33.7. The van der Waals surface area contributed by atoms with Gasteiger partial charge in [-0.15, -0.1) is 0 Å². The molecule has 0 saturated carbocycles. The molecule has 0 radical (unpaired) electrons. The SMILES string of the molecule is COc1ccccc1NS(=O)(=O)c1cc(NC(=O)Cc2ccccc2Cl)ccc1C. The summed E-state index contributed by atoms with van der Waals surface area (Å²) in [7, 11) is -2.44. The van der Waals surface area contributed by atoms with Crippen molar-refractivity contribution in [3.8, 4) is 5.75 Å². The Morgan fingerprint density at radius 2 is 1.73 bits per heavy atom. The van der Waals surface area contributed by atoms with Gasteiger partial charge in [-0.1, -0.05) is 48.0 Å². The zero-order valence-corrected chi connectivity index (χ0v) is 18.0. The Morgan fingerprint density at radius 3 is 2.47 bits per heavy atom. The molecule has 0 bridgehead atoms. The molecule has 0 atom stereocenters. The molecule has 0 unspecified atom stereocenters. The van der Waals surface area contributed by atoms with E-state index in [4.69, 9.17) is 16.3 Å². The smallest absolute Gasteiger partial charge is 0.262 e. The molecule has 3 aromatic rings. The van der Waals surface area contributed by atoms with Crippen molar-refractivity contribution in [3.63, 3.8) is 0 Å². The first kappa shape index (κ1) is 21.7. The summed E-state index contributed by atoms with van der Waals surface area (Å²) in [5.41, 5.74) is 1.93. The van der Waals surface area contributed by atoms with E-state index in [1.165, 1.54) is 13.2 Å².